The molecule has 1 aliphatic rings. The molecule has 29 heavy (non-hydrogen) atoms. The molecule has 1 aromatic heterocycles. The van der Waals surface area contributed by atoms with Crippen LogP contribution in [0.4, 0.5) is 10.1 Å². The number of halogens is 1. The van der Waals surface area contributed by atoms with Gasteiger partial charge in [-0.1, -0.05) is 12.1 Å². The van der Waals surface area contributed by atoms with Crippen molar-refractivity contribution in [3.63, 3.8) is 0 Å². The van der Waals surface area contributed by atoms with Crippen LogP contribution in [0.15, 0.2) is 54.6 Å². The van der Waals surface area contributed by atoms with E-state index in [1.165, 1.54) is 12.1 Å². The monoisotopic (exact) mass is 394 g/mol. The molecule has 3 aromatic rings. The second kappa shape index (κ2) is 7.95. The summed E-state index contributed by atoms with van der Waals surface area (Å²) in [6, 6.07) is 15.9. The number of piperazine rings is 1. The van der Waals surface area contributed by atoms with Crippen LogP contribution in [0.25, 0.3) is 11.3 Å². The Labute approximate surface area is 169 Å². The smallest absolute Gasteiger partial charge is 0.274 e. The van der Waals surface area contributed by atoms with Gasteiger partial charge in [0.2, 0.25) is 0 Å². The minimum absolute atomic E-state index is 0.0892. The average molecular weight is 394 g/mol. The molecular formula is C22H23FN4O2. The van der Waals surface area contributed by atoms with Crippen molar-refractivity contribution in [2.75, 3.05) is 38.2 Å². The van der Waals surface area contributed by atoms with Crippen LogP contribution in [0.5, 0.6) is 5.75 Å². The van der Waals surface area contributed by atoms with E-state index in [1.807, 2.05) is 29.2 Å². The molecule has 1 aliphatic heterocycles. The lowest BCUT2D eigenvalue weighted by molar-refractivity contribution is 0.0740. The highest BCUT2D eigenvalue weighted by atomic mass is 19.1. The summed E-state index contributed by atoms with van der Waals surface area (Å²) in [6.07, 6.45) is 0. The zero-order valence-electron chi connectivity index (χ0n) is 16.5. The maximum absolute atomic E-state index is 13.2. The van der Waals surface area contributed by atoms with Crippen molar-refractivity contribution in [3.05, 3.63) is 66.1 Å². The number of methoxy groups -OCH3 is 1. The van der Waals surface area contributed by atoms with Gasteiger partial charge in [0.1, 0.15) is 11.6 Å². The van der Waals surface area contributed by atoms with Crippen molar-refractivity contribution in [1.82, 2.24) is 14.7 Å². The molecule has 0 radical (unpaired) electrons. The van der Waals surface area contributed by atoms with Crippen LogP contribution in [0.2, 0.25) is 0 Å². The summed E-state index contributed by atoms with van der Waals surface area (Å²) in [5.74, 6) is 0.453. The van der Waals surface area contributed by atoms with Crippen molar-refractivity contribution in [3.8, 4) is 17.0 Å². The van der Waals surface area contributed by atoms with Crippen molar-refractivity contribution in [2.24, 2.45) is 7.05 Å². The van der Waals surface area contributed by atoms with Crippen LogP contribution < -0.4 is 9.64 Å². The van der Waals surface area contributed by atoms with E-state index >= 15 is 0 Å². The summed E-state index contributed by atoms with van der Waals surface area (Å²) >= 11 is 0. The molecule has 0 atom stereocenters. The quantitative estimate of drug-likeness (QED) is 0.682. The van der Waals surface area contributed by atoms with E-state index in [4.69, 9.17) is 4.74 Å². The van der Waals surface area contributed by atoms with Gasteiger partial charge in [0, 0.05) is 33.2 Å². The molecule has 0 bridgehead atoms. The van der Waals surface area contributed by atoms with Gasteiger partial charge in [-0.25, -0.2) is 4.39 Å². The second-order valence-corrected chi connectivity index (χ2v) is 7.00. The molecule has 0 aliphatic carbocycles. The molecular weight excluding hydrogens is 371 g/mol. The first-order chi connectivity index (χ1) is 14.1. The number of aromatic nitrogens is 2. The standard InChI is InChI=1S/C22H23FN4O2/c1-25-20(16-7-9-17(23)10-8-16)15-18(24-25)22(28)27-13-11-26(12-14-27)19-5-3-4-6-21(19)29-2/h3-10,15H,11-14H2,1-2H3. The maximum Gasteiger partial charge on any atom is 0.274 e. The van der Waals surface area contributed by atoms with Gasteiger partial charge in [-0.2, -0.15) is 5.10 Å². The molecule has 0 N–H and O–H groups in total. The van der Waals surface area contributed by atoms with Crippen LogP contribution in [0.3, 0.4) is 0 Å². The number of para-hydroxylation sites is 2. The molecule has 4 rings (SSSR count). The zero-order chi connectivity index (χ0) is 20.4. The number of carbonyl (C=O) groups excluding carboxylic acids is 1. The highest BCUT2D eigenvalue weighted by Gasteiger charge is 2.25. The van der Waals surface area contributed by atoms with Crippen LogP contribution >= 0.6 is 0 Å². The zero-order valence-corrected chi connectivity index (χ0v) is 16.5. The Morgan fingerprint density at radius 2 is 1.72 bits per heavy atom. The largest absolute Gasteiger partial charge is 0.495 e. The van der Waals surface area contributed by atoms with E-state index in [2.05, 4.69) is 10.00 Å². The Morgan fingerprint density at radius 3 is 2.41 bits per heavy atom. The minimum atomic E-state index is -0.292. The van der Waals surface area contributed by atoms with Gasteiger partial charge >= 0.3 is 0 Å². The van der Waals surface area contributed by atoms with E-state index in [0.717, 1.165) is 35.8 Å². The van der Waals surface area contributed by atoms with Crippen molar-refractivity contribution >= 4 is 11.6 Å². The molecule has 1 saturated heterocycles. The Kier molecular flexibility index (Phi) is 5.20. The number of ether oxygens (including phenoxy) is 1. The number of anilines is 1. The van der Waals surface area contributed by atoms with Crippen LogP contribution in [0.1, 0.15) is 10.5 Å². The SMILES string of the molecule is COc1ccccc1N1CCN(C(=O)c2cc(-c3ccc(F)cc3)n(C)n2)CC1. The van der Waals surface area contributed by atoms with Gasteiger partial charge in [-0.3, -0.25) is 9.48 Å². The molecule has 150 valence electrons. The van der Waals surface area contributed by atoms with Crippen molar-refractivity contribution in [2.45, 2.75) is 0 Å². The predicted molar refractivity (Wildman–Crippen MR) is 110 cm³/mol. The molecule has 0 unspecified atom stereocenters. The Hall–Kier alpha value is -3.35. The fourth-order valence-electron chi connectivity index (χ4n) is 3.67. The Morgan fingerprint density at radius 1 is 1.03 bits per heavy atom. The average Bonchev–Trinajstić information content (AvgIpc) is 3.15. The third-order valence-corrected chi connectivity index (χ3v) is 5.23. The number of nitrogens with zero attached hydrogens (tertiary/aromatic N) is 4. The molecule has 6 nitrogen and oxygen atoms in total. The van der Waals surface area contributed by atoms with Gasteiger partial charge in [-0.15, -0.1) is 0 Å². The number of benzene rings is 2. The third kappa shape index (κ3) is 3.81. The summed E-state index contributed by atoms with van der Waals surface area (Å²) < 4.78 is 20.3. The van der Waals surface area contributed by atoms with Gasteiger partial charge in [0.05, 0.1) is 18.5 Å². The van der Waals surface area contributed by atoms with Gasteiger partial charge < -0.3 is 14.5 Å². The lowest BCUT2D eigenvalue weighted by atomic mass is 10.1. The second-order valence-electron chi connectivity index (χ2n) is 7.00. The number of hydrogen-bond donors (Lipinski definition) is 0. The van der Waals surface area contributed by atoms with Crippen LogP contribution in [0, 0.1) is 5.82 Å². The van der Waals surface area contributed by atoms with Crippen molar-refractivity contribution < 1.29 is 13.9 Å². The number of amides is 1. The minimum Gasteiger partial charge on any atom is -0.495 e. The van der Waals surface area contributed by atoms with Crippen molar-refractivity contribution in [1.29, 1.82) is 0 Å². The lowest BCUT2D eigenvalue weighted by Gasteiger charge is -2.36. The van der Waals surface area contributed by atoms with E-state index in [0.29, 0.717) is 18.8 Å². The molecule has 1 fully saturated rings. The number of aryl methyl sites for hydroxylation is 1. The predicted octanol–water partition coefficient (Wildman–Crippen LogP) is 3.20. The van der Waals surface area contributed by atoms with Gasteiger partial charge in [0.25, 0.3) is 5.91 Å². The highest BCUT2D eigenvalue weighted by Crippen LogP contribution is 2.28. The molecule has 0 saturated carbocycles. The molecule has 7 heteroatoms. The summed E-state index contributed by atoms with van der Waals surface area (Å²) in [7, 11) is 3.45. The topological polar surface area (TPSA) is 50.6 Å². The summed E-state index contributed by atoms with van der Waals surface area (Å²) in [5.41, 5.74) is 3.04. The van der Waals surface area contributed by atoms with E-state index in [1.54, 1.807) is 37.0 Å². The van der Waals surface area contributed by atoms with E-state index in [-0.39, 0.29) is 11.7 Å². The summed E-state index contributed by atoms with van der Waals surface area (Å²) in [4.78, 5) is 17.0. The number of carbonyl (C=O) groups is 1. The highest BCUT2D eigenvalue weighted by molar-refractivity contribution is 5.93. The summed E-state index contributed by atoms with van der Waals surface area (Å²) in [5, 5.41) is 4.39. The van der Waals surface area contributed by atoms with E-state index in [9.17, 15) is 9.18 Å². The summed E-state index contributed by atoms with van der Waals surface area (Å²) in [6.45, 7) is 2.67. The molecule has 2 aromatic carbocycles. The van der Waals surface area contributed by atoms with Gasteiger partial charge in [-0.05, 0) is 48.0 Å². The van der Waals surface area contributed by atoms with E-state index < -0.39 is 0 Å². The molecule has 2 heterocycles. The number of hydrogen-bond acceptors (Lipinski definition) is 4. The normalized spacial score (nSPS) is 14.2. The first kappa shape index (κ1) is 19.0. The Balaban J connectivity index is 1.46. The third-order valence-electron chi connectivity index (χ3n) is 5.23. The fourth-order valence-corrected chi connectivity index (χ4v) is 3.67. The molecule has 0 spiro atoms. The lowest BCUT2D eigenvalue weighted by Crippen LogP contribution is -2.49. The number of rotatable bonds is 4. The molecule has 1 amide bonds. The van der Waals surface area contributed by atoms with Crippen LogP contribution in [-0.2, 0) is 7.05 Å². The first-order valence-corrected chi connectivity index (χ1v) is 9.54. The van der Waals surface area contributed by atoms with Gasteiger partial charge in [0.15, 0.2) is 5.69 Å². The fraction of sp³-hybridized carbons (Fsp3) is 0.273. The first-order valence-electron chi connectivity index (χ1n) is 9.54. The maximum atomic E-state index is 13.2. The van der Waals surface area contributed by atoms with Crippen LogP contribution in [-0.4, -0.2) is 53.9 Å². The Bertz CT molecular complexity index is 1010.